The Balaban J connectivity index is 1.66. The maximum Gasteiger partial charge on any atom is 0.246 e. The number of pyridine rings is 1. The number of benzene rings is 1. The molecule has 3 rings (SSSR count). The predicted molar refractivity (Wildman–Crippen MR) is 139 cm³/mol. The Morgan fingerprint density at radius 1 is 1.26 bits per heavy atom. The maximum absolute atomic E-state index is 12.9. The van der Waals surface area contributed by atoms with E-state index in [1.807, 2.05) is 53.4 Å². The van der Waals surface area contributed by atoms with Crippen LogP contribution >= 0.6 is 11.8 Å². The van der Waals surface area contributed by atoms with E-state index in [0.29, 0.717) is 25.4 Å². The fourth-order valence-electron chi connectivity index (χ4n) is 4.46. The van der Waals surface area contributed by atoms with E-state index in [2.05, 4.69) is 17.1 Å². The van der Waals surface area contributed by atoms with E-state index in [9.17, 15) is 9.59 Å². The molecule has 2 aromatic rings. The van der Waals surface area contributed by atoms with Crippen molar-refractivity contribution in [3.05, 3.63) is 66.0 Å². The van der Waals surface area contributed by atoms with Gasteiger partial charge in [-0.1, -0.05) is 18.2 Å². The van der Waals surface area contributed by atoms with E-state index in [1.165, 1.54) is 0 Å². The van der Waals surface area contributed by atoms with E-state index in [4.69, 9.17) is 4.74 Å². The summed E-state index contributed by atoms with van der Waals surface area (Å²) in [6, 6.07) is 12.0. The molecule has 0 aliphatic carbocycles. The second-order valence-corrected chi connectivity index (χ2v) is 9.64. The van der Waals surface area contributed by atoms with Gasteiger partial charge >= 0.3 is 0 Å². The van der Waals surface area contributed by atoms with Crippen LogP contribution in [0.4, 0.5) is 0 Å². The molecule has 1 atom stereocenters. The van der Waals surface area contributed by atoms with Crippen molar-refractivity contribution in [2.45, 2.75) is 31.7 Å². The van der Waals surface area contributed by atoms with Crippen LogP contribution in [0.25, 0.3) is 6.08 Å². The zero-order valence-corrected chi connectivity index (χ0v) is 21.2. The van der Waals surface area contributed by atoms with Crippen molar-refractivity contribution in [3.8, 4) is 5.75 Å². The standard InChI is InChI=1S/C27H35N3O3S/c1-29(26(31)13-17-34-3)25(19-22-6-4-8-24(18-22)33-2)23-11-15-30(16-12-23)27(32)10-9-21-7-5-14-28-20-21/h4-10,14,18,20,23,25H,11-13,15-17,19H2,1-3H3/b10-9+/t25-/m1/s1. The summed E-state index contributed by atoms with van der Waals surface area (Å²) in [4.78, 5) is 33.5. The summed E-state index contributed by atoms with van der Waals surface area (Å²) in [5.41, 5.74) is 2.07. The van der Waals surface area contributed by atoms with Gasteiger partial charge in [0.05, 0.1) is 7.11 Å². The normalized spacial score (nSPS) is 15.3. The van der Waals surface area contributed by atoms with Crippen molar-refractivity contribution >= 4 is 29.7 Å². The fourth-order valence-corrected chi connectivity index (χ4v) is 4.84. The third-order valence-electron chi connectivity index (χ3n) is 6.49. The number of carbonyl (C=O) groups excluding carboxylic acids is 2. The lowest BCUT2D eigenvalue weighted by molar-refractivity contribution is -0.134. The second kappa shape index (κ2) is 13.2. The first-order valence-corrected chi connectivity index (χ1v) is 13.2. The minimum Gasteiger partial charge on any atom is -0.497 e. The number of hydrogen-bond acceptors (Lipinski definition) is 5. The Labute approximate surface area is 207 Å². The number of rotatable bonds is 10. The zero-order valence-electron chi connectivity index (χ0n) is 20.4. The maximum atomic E-state index is 12.9. The molecule has 0 spiro atoms. The van der Waals surface area contributed by atoms with Crippen LogP contribution in [0.1, 0.15) is 30.4 Å². The Hall–Kier alpha value is -2.80. The van der Waals surface area contributed by atoms with Gasteiger partial charge in [0, 0.05) is 56.8 Å². The van der Waals surface area contributed by atoms with Gasteiger partial charge in [-0.15, -0.1) is 0 Å². The highest BCUT2D eigenvalue weighted by molar-refractivity contribution is 7.98. The molecule has 6 nitrogen and oxygen atoms in total. The van der Waals surface area contributed by atoms with Gasteiger partial charge in [0.1, 0.15) is 5.75 Å². The number of piperidine rings is 1. The molecule has 2 amide bonds. The van der Waals surface area contributed by atoms with Crippen LogP contribution in [-0.2, 0) is 16.0 Å². The molecular formula is C27H35N3O3S. The minimum atomic E-state index is 0.0241. The van der Waals surface area contributed by atoms with Crippen LogP contribution in [-0.4, -0.2) is 71.9 Å². The quantitative estimate of drug-likeness (QED) is 0.477. The van der Waals surface area contributed by atoms with Crippen LogP contribution in [0.15, 0.2) is 54.9 Å². The van der Waals surface area contributed by atoms with E-state index in [-0.39, 0.29) is 17.9 Å². The highest BCUT2D eigenvalue weighted by Gasteiger charge is 2.32. The molecule has 1 aromatic heterocycles. The molecule has 0 N–H and O–H groups in total. The molecule has 34 heavy (non-hydrogen) atoms. The number of thioether (sulfide) groups is 1. The van der Waals surface area contributed by atoms with Gasteiger partial charge in [-0.25, -0.2) is 0 Å². The first-order chi connectivity index (χ1) is 16.5. The van der Waals surface area contributed by atoms with Crippen molar-refractivity contribution in [1.82, 2.24) is 14.8 Å². The molecule has 182 valence electrons. The zero-order chi connectivity index (χ0) is 24.3. The van der Waals surface area contributed by atoms with Gasteiger partial charge < -0.3 is 14.5 Å². The average molecular weight is 482 g/mol. The van der Waals surface area contributed by atoms with Crippen molar-refractivity contribution < 1.29 is 14.3 Å². The van der Waals surface area contributed by atoms with Gasteiger partial charge in [-0.2, -0.15) is 11.8 Å². The molecule has 1 aromatic carbocycles. The topological polar surface area (TPSA) is 62.7 Å². The largest absolute Gasteiger partial charge is 0.497 e. The number of aromatic nitrogens is 1. The number of likely N-dealkylation sites (N-methyl/N-ethyl adjacent to an activating group) is 1. The molecule has 0 radical (unpaired) electrons. The third kappa shape index (κ3) is 7.35. The summed E-state index contributed by atoms with van der Waals surface area (Å²) in [6.07, 6.45) is 12.0. The lowest BCUT2D eigenvalue weighted by Crippen LogP contribution is -2.48. The Kier molecular flexibility index (Phi) is 10.0. The van der Waals surface area contributed by atoms with Gasteiger partial charge in [-0.05, 0) is 66.8 Å². The smallest absolute Gasteiger partial charge is 0.246 e. The van der Waals surface area contributed by atoms with Crippen molar-refractivity contribution in [2.75, 3.05) is 39.3 Å². The lowest BCUT2D eigenvalue weighted by atomic mass is 9.84. The number of nitrogens with zero attached hydrogens (tertiary/aromatic N) is 3. The molecular weight excluding hydrogens is 446 g/mol. The highest BCUT2D eigenvalue weighted by Crippen LogP contribution is 2.28. The molecule has 0 unspecified atom stereocenters. The molecule has 1 aliphatic rings. The van der Waals surface area contributed by atoms with Crippen molar-refractivity contribution in [3.63, 3.8) is 0 Å². The van der Waals surface area contributed by atoms with E-state index in [1.54, 1.807) is 37.3 Å². The summed E-state index contributed by atoms with van der Waals surface area (Å²) in [7, 11) is 3.60. The molecule has 1 saturated heterocycles. The van der Waals surface area contributed by atoms with Gasteiger partial charge in [0.2, 0.25) is 11.8 Å². The van der Waals surface area contributed by atoms with Crippen LogP contribution in [0.3, 0.4) is 0 Å². The Morgan fingerprint density at radius 3 is 2.74 bits per heavy atom. The number of likely N-dealkylation sites (tertiary alicyclic amines) is 1. The summed E-state index contributed by atoms with van der Waals surface area (Å²) in [6.45, 7) is 1.39. The summed E-state index contributed by atoms with van der Waals surface area (Å²) in [5, 5.41) is 0. The molecule has 0 bridgehead atoms. The lowest BCUT2D eigenvalue weighted by Gasteiger charge is -2.40. The monoisotopic (exact) mass is 481 g/mol. The first-order valence-electron chi connectivity index (χ1n) is 11.8. The van der Waals surface area contributed by atoms with Crippen LogP contribution < -0.4 is 4.74 Å². The van der Waals surface area contributed by atoms with Crippen LogP contribution in [0, 0.1) is 5.92 Å². The van der Waals surface area contributed by atoms with Gasteiger partial charge in [-0.3, -0.25) is 14.6 Å². The number of methoxy groups -OCH3 is 1. The van der Waals surface area contributed by atoms with E-state index >= 15 is 0 Å². The molecule has 2 heterocycles. The second-order valence-electron chi connectivity index (χ2n) is 8.65. The van der Waals surface area contributed by atoms with Crippen molar-refractivity contribution in [1.29, 1.82) is 0 Å². The summed E-state index contributed by atoms with van der Waals surface area (Å²) in [5.74, 6) is 2.19. The molecule has 0 saturated carbocycles. The number of ether oxygens (including phenoxy) is 1. The van der Waals surface area contributed by atoms with E-state index in [0.717, 1.165) is 41.9 Å². The van der Waals surface area contributed by atoms with E-state index < -0.39 is 0 Å². The Bertz CT molecular complexity index is 959. The third-order valence-corrected chi connectivity index (χ3v) is 7.10. The first kappa shape index (κ1) is 25.8. The summed E-state index contributed by atoms with van der Waals surface area (Å²) < 4.78 is 5.40. The summed E-state index contributed by atoms with van der Waals surface area (Å²) >= 11 is 1.69. The highest BCUT2D eigenvalue weighted by atomic mass is 32.2. The minimum absolute atomic E-state index is 0.0241. The van der Waals surface area contributed by atoms with Gasteiger partial charge in [0.15, 0.2) is 0 Å². The van der Waals surface area contributed by atoms with Crippen molar-refractivity contribution in [2.24, 2.45) is 5.92 Å². The predicted octanol–water partition coefficient (Wildman–Crippen LogP) is 4.16. The molecule has 1 fully saturated rings. The molecule has 1 aliphatic heterocycles. The Morgan fingerprint density at radius 2 is 2.06 bits per heavy atom. The fraction of sp³-hybridized carbons (Fsp3) is 0.444. The number of amides is 2. The molecule has 7 heteroatoms. The number of carbonyl (C=O) groups is 2. The van der Waals surface area contributed by atoms with Crippen LogP contribution in [0.2, 0.25) is 0 Å². The number of hydrogen-bond donors (Lipinski definition) is 0. The average Bonchev–Trinajstić information content (AvgIpc) is 2.89. The van der Waals surface area contributed by atoms with Gasteiger partial charge in [0.25, 0.3) is 0 Å². The SMILES string of the molecule is COc1cccc(C[C@H](C2CCN(C(=O)/C=C/c3cccnc3)CC2)N(C)C(=O)CCSC)c1. The van der Waals surface area contributed by atoms with Crippen LogP contribution in [0.5, 0.6) is 5.75 Å².